The number of amides is 2. The summed E-state index contributed by atoms with van der Waals surface area (Å²) in [4.78, 5) is 31.9. The molecule has 1 aromatic heterocycles. The molecule has 1 aliphatic rings. The molecule has 8 heteroatoms. The number of aromatic nitrogens is 2. The zero-order chi connectivity index (χ0) is 27.9. The third-order valence-corrected chi connectivity index (χ3v) is 7.08. The van der Waals surface area contributed by atoms with Crippen molar-refractivity contribution >= 4 is 28.7 Å². The van der Waals surface area contributed by atoms with E-state index in [4.69, 9.17) is 14.5 Å². The molecule has 8 nitrogen and oxygen atoms in total. The number of hydrogen-bond acceptors (Lipinski definition) is 5. The van der Waals surface area contributed by atoms with Crippen molar-refractivity contribution in [2.75, 3.05) is 24.6 Å². The number of aryl methyl sites for hydroxylation is 1. The monoisotopic (exact) mass is 540 g/mol. The Balaban J connectivity index is 1.40. The average molecular weight is 541 g/mol. The number of urea groups is 1. The molecule has 0 radical (unpaired) electrons. The van der Waals surface area contributed by atoms with Crippen molar-refractivity contribution in [2.45, 2.75) is 52.2 Å². The number of esters is 1. The normalized spacial score (nSPS) is 14.2. The molecule has 1 saturated heterocycles. The molecule has 4 aromatic rings. The first-order valence-corrected chi connectivity index (χ1v) is 14.1. The first-order valence-electron chi connectivity index (χ1n) is 14.1. The molecule has 208 valence electrons. The average Bonchev–Trinajstić information content (AvgIpc) is 3.32. The third-order valence-electron chi connectivity index (χ3n) is 7.08. The van der Waals surface area contributed by atoms with Crippen LogP contribution in [-0.4, -0.2) is 41.2 Å². The van der Waals surface area contributed by atoms with Crippen LogP contribution >= 0.6 is 0 Å². The Bertz CT molecular complexity index is 1450. The highest BCUT2D eigenvalue weighted by Gasteiger charge is 2.24. The summed E-state index contributed by atoms with van der Waals surface area (Å²) < 4.78 is 13.6. The van der Waals surface area contributed by atoms with Crippen LogP contribution < -0.4 is 15.0 Å². The maximum absolute atomic E-state index is 12.7. The second-order valence-corrected chi connectivity index (χ2v) is 9.93. The molecule has 3 aromatic carbocycles. The van der Waals surface area contributed by atoms with Crippen LogP contribution in [0.5, 0.6) is 5.75 Å². The molecular formula is C32H36N4O4. The van der Waals surface area contributed by atoms with Crippen LogP contribution in [-0.2, 0) is 22.5 Å². The van der Waals surface area contributed by atoms with Crippen LogP contribution in [0.2, 0.25) is 0 Å². The van der Waals surface area contributed by atoms with E-state index in [0.717, 1.165) is 59.4 Å². The quantitative estimate of drug-likeness (QED) is 0.235. The predicted molar refractivity (Wildman–Crippen MR) is 156 cm³/mol. The van der Waals surface area contributed by atoms with Gasteiger partial charge in [0.25, 0.3) is 0 Å². The highest BCUT2D eigenvalue weighted by atomic mass is 16.6. The molecule has 40 heavy (non-hydrogen) atoms. The lowest BCUT2D eigenvalue weighted by molar-refractivity contribution is -0.151. The summed E-state index contributed by atoms with van der Waals surface area (Å²) in [6.45, 7) is 6.29. The second kappa shape index (κ2) is 12.7. The van der Waals surface area contributed by atoms with Gasteiger partial charge in [-0.3, -0.25) is 4.90 Å². The minimum absolute atomic E-state index is 0.0601. The Labute approximate surface area is 234 Å². The number of benzene rings is 3. The van der Waals surface area contributed by atoms with Crippen LogP contribution in [0.4, 0.5) is 10.5 Å². The van der Waals surface area contributed by atoms with Gasteiger partial charge in [0.15, 0.2) is 0 Å². The fourth-order valence-corrected chi connectivity index (χ4v) is 5.00. The molecule has 2 heterocycles. The number of fused-ring (bicyclic) bond motifs is 1. The van der Waals surface area contributed by atoms with Crippen LogP contribution in [0.15, 0.2) is 72.8 Å². The SMILES string of the molecule is CCCCc1nc2ccc(N3CCCNC3=O)cc2n1Cc1ccc(OC(C(=O)OCC)c2ccccc2)cc1. The van der Waals surface area contributed by atoms with E-state index >= 15 is 0 Å². The Morgan fingerprint density at radius 1 is 1.05 bits per heavy atom. The lowest BCUT2D eigenvalue weighted by Crippen LogP contribution is -2.46. The van der Waals surface area contributed by atoms with Gasteiger partial charge in [0.1, 0.15) is 11.6 Å². The van der Waals surface area contributed by atoms with Gasteiger partial charge in [-0.15, -0.1) is 0 Å². The predicted octanol–water partition coefficient (Wildman–Crippen LogP) is 6.03. The third kappa shape index (κ3) is 6.11. The Morgan fingerprint density at radius 2 is 1.85 bits per heavy atom. The summed E-state index contributed by atoms with van der Waals surface area (Å²) >= 11 is 0. The van der Waals surface area contributed by atoms with Crippen molar-refractivity contribution in [1.82, 2.24) is 14.9 Å². The molecule has 0 saturated carbocycles. The van der Waals surface area contributed by atoms with Crippen molar-refractivity contribution in [3.05, 3.63) is 89.7 Å². The fraction of sp³-hybridized carbons (Fsp3) is 0.344. The van der Waals surface area contributed by atoms with Crippen LogP contribution in [0, 0.1) is 0 Å². The van der Waals surface area contributed by atoms with Gasteiger partial charge in [0.2, 0.25) is 6.10 Å². The molecule has 0 spiro atoms. The van der Waals surface area contributed by atoms with E-state index in [1.54, 1.807) is 11.8 Å². The van der Waals surface area contributed by atoms with E-state index in [1.165, 1.54) is 0 Å². The number of carbonyl (C=O) groups is 2. The standard InChI is InChI=1S/C32H36N4O4/c1-3-5-12-29-34-27-18-15-25(35-20-9-19-33-32(35)38)21-28(27)36(29)22-23-13-16-26(17-14-23)40-30(31(37)39-4-2)24-10-7-6-8-11-24/h6-8,10-11,13-18,21,30H,3-5,9,12,19-20,22H2,1-2H3,(H,33,38). The van der Waals surface area contributed by atoms with Crippen molar-refractivity contribution < 1.29 is 19.1 Å². The molecule has 1 fully saturated rings. The second-order valence-electron chi connectivity index (χ2n) is 9.93. The molecule has 1 atom stereocenters. The minimum atomic E-state index is -0.837. The Morgan fingerprint density at radius 3 is 2.58 bits per heavy atom. The van der Waals surface area contributed by atoms with E-state index in [9.17, 15) is 9.59 Å². The summed E-state index contributed by atoms with van der Waals surface area (Å²) in [6.07, 6.45) is 3.09. The Hall–Kier alpha value is -4.33. The molecule has 1 unspecified atom stereocenters. The summed E-state index contributed by atoms with van der Waals surface area (Å²) in [7, 11) is 0. The first-order chi connectivity index (χ1) is 19.6. The zero-order valence-corrected chi connectivity index (χ0v) is 23.1. The van der Waals surface area contributed by atoms with E-state index in [1.807, 2.05) is 66.7 Å². The van der Waals surface area contributed by atoms with Gasteiger partial charge in [-0.05, 0) is 55.7 Å². The number of unbranched alkanes of at least 4 members (excludes halogenated alkanes) is 1. The summed E-state index contributed by atoms with van der Waals surface area (Å²) in [5.74, 6) is 1.20. The summed E-state index contributed by atoms with van der Waals surface area (Å²) in [6, 6.07) is 23.2. The van der Waals surface area contributed by atoms with Crippen molar-refractivity contribution in [1.29, 1.82) is 0 Å². The van der Waals surface area contributed by atoms with Gasteiger partial charge in [-0.2, -0.15) is 0 Å². The highest BCUT2D eigenvalue weighted by Crippen LogP contribution is 2.28. The van der Waals surface area contributed by atoms with Gasteiger partial charge in [-0.1, -0.05) is 55.8 Å². The number of hydrogen-bond donors (Lipinski definition) is 1. The van der Waals surface area contributed by atoms with Gasteiger partial charge < -0.3 is 19.4 Å². The van der Waals surface area contributed by atoms with Gasteiger partial charge >= 0.3 is 12.0 Å². The van der Waals surface area contributed by atoms with E-state index in [2.05, 4.69) is 22.9 Å². The van der Waals surface area contributed by atoms with Gasteiger partial charge in [0.05, 0.1) is 17.6 Å². The maximum atomic E-state index is 12.7. The molecule has 1 N–H and O–H groups in total. The van der Waals surface area contributed by atoms with Crippen molar-refractivity contribution in [2.24, 2.45) is 0 Å². The van der Waals surface area contributed by atoms with Gasteiger partial charge in [-0.25, -0.2) is 14.6 Å². The number of anilines is 1. The number of ether oxygens (including phenoxy) is 2. The number of nitrogens with zero attached hydrogens (tertiary/aromatic N) is 3. The lowest BCUT2D eigenvalue weighted by atomic mass is 10.1. The topological polar surface area (TPSA) is 85.7 Å². The molecule has 1 aliphatic heterocycles. The zero-order valence-electron chi connectivity index (χ0n) is 23.1. The molecule has 5 rings (SSSR count). The van der Waals surface area contributed by atoms with E-state index in [0.29, 0.717) is 25.4 Å². The lowest BCUT2D eigenvalue weighted by Gasteiger charge is -2.27. The summed E-state index contributed by atoms with van der Waals surface area (Å²) in [5.41, 5.74) is 4.63. The van der Waals surface area contributed by atoms with Crippen LogP contribution in [0.1, 0.15) is 56.2 Å². The largest absolute Gasteiger partial charge is 0.474 e. The molecular weight excluding hydrogens is 504 g/mol. The number of carbonyl (C=O) groups excluding carboxylic acids is 2. The Kier molecular flexibility index (Phi) is 8.64. The highest BCUT2D eigenvalue weighted by molar-refractivity contribution is 5.95. The smallest absolute Gasteiger partial charge is 0.352 e. The number of rotatable bonds is 11. The van der Waals surface area contributed by atoms with Crippen LogP contribution in [0.3, 0.4) is 0 Å². The number of imidazole rings is 1. The van der Waals surface area contributed by atoms with Crippen LogP contribution in [0.25, 0.3) is 11.0 Å². The fourth-order valence-electron chi connectivity index (χ4n) is 5.00. The first kappa shape index (κ1) is 27.2. The molecule has 0 aliphatic carbocycles. The van der Waals surface area contributed by atoms with E-state index < -0.39 is 12.1 Å². The van der Waals surface area contributed by atoms with Gasteiger partial charge in [0, 0.05) is 37.3 Å². The summed E-state index contributed by atoms with van der Waals surface area (Å²) in [5, 5.41) is 2.93. The molecule has 2 amide bonds. The minimum Gasteiger partial charge on any atom is -0.474 e. The van der Waals surface area contributed by atoms with Crippen molar-refractivity contribution in [3.8, 4) is 5.75 Å². The molecule has 0 bridgehead atoms. The van der Waals surface area contributed by atoms with Crippen molar-refractivity contribution in [3.63, 3.8) is 0 Å². The van der Waals surface area contributed by atoms with E-state index in [-0.39, 0.29) is 12.6 Å². The maximum Gasteiger partial charge on any atom is 0.352 e. The number of nitrogens with one attached hydrogen (secondary N) is 1.